The minimum absolute atomic E-state index is 0.0139. The van der Waals surface area contributed by atoms with Crippen LogP contribution < -0.4 is 15.4 Å². The quantitative estimate of drug-likeness (QED) is 0.192. The summed E-state index contributed by atoms with van der Waals surface area (Å²) in [6.45, 7) is -0.646. The number of anilines is 1. The molecule has 216 valence electrons. The van der Waals surface area contributed by atoms with Crippen LogP contribution >= 0.6 is 11.3 Å². The lowest BCUT2D eigenvalue weighted by molar-refractivity contribution is -0.148. The van der Waals surface area contributed by atoms with Crippen LogP contribution in [0, 0.1) is 5.82 Å². The number of fused-ring (bicyclic) bond motifs is 1. The number of rotatable bonds is 11. The summed E-state index contributed by atoms with van der Waals surface area (Å²) < 4.78 is 65.2. The minimum Gasteiger partial charge on any atom is -0.453 e. The van der Waals surface area contributed by atoms with Crippen molar-refractivity contribution >= 4 is 33.3 Å². The fourth-order valence-electron chi connectivity index (χ4n) is 4.09. The van der Waals surface area contributed by atoms with E-state index in [1.54, 1.807) is 36.7 Å². The highest BCUT2D eigenvalue weighted by Gasteiger charge is 2.30. The van der Waals surface area contributed by atoms with E-state index in [1.165, 1.54) is 35.5 Å². The molecule has 0 aliphatic heterocycles. The molecule has 1 fully saturated rings. The number of alkyl halides is 3. The third-order valence-electron chi connectivity index (χ3n) is 6.20. The smallest absolute Gasteiger partial charge is 0.401 e. The van der Waals surface area contributed by atoms with Gasteiger partial charge in [-0.3, -0.25) is 14.9 Å². The molecule has 0 radical (unpaired) electrons. The number of hydrogen-bond donors (Lipinski definition) is 2. The number of methoxy groups -OCH3 is 1. The van der Waals surface area contributed by atoms with E-state index in [1.807, 2.05) is 6.07 Å². The summed E-state index contributed by atoms with van der Waals surface area (Å²) in [6, 6.07) is 10.9. The van der Waals surface area contributed by atoms with Gasteiger partial charge in [-0.05, 0) is 42.7 Å². The Balaban J connectivity index is 1.29. The van der Waals surface area contributed by atoms with Crippen molar-refractivity contribution in [1.82, 2.24) is 20.2 Å². The van der Waals surface area contributed by atoms with E-state index in [9.17, 15) is 22.4 Å². The molecule has 0 atom stereocenters. The summed E-state index contributed by atoms with van der Waals surface area (Å²) in [5.74, 6) is -0.256. The fourth-order valence-corrected chi connectivity index (χ4v) is 5.13. The Labute approximate surface area is 237 Å². The molecule has 0 spiro atoms. The standard InChI is InChI=1S/C28H27F4N5O3S/c1-39-11-10-37(16-28(30,31)32)15-17-2-6-21(34-14-17)25-13-22-26(41-25)24(8-9-33-22)40-23-7-5-19(12-20(23)29)36-27(38)35-18-3-4-18/h2,5-9,12-14,18H,3-4,10-11,15-16H2,1H3,(H2,35,36,38). The Morgan fingerprint density at radius 1 is 1.12 bits per heavy atom. The number of nitrogens with one attached hydrogen (secondary N) is 2. The van der Waals surface area contributed by atoms with Crippen LogP contribution in [0.1, 0.15) is 18.4 Å². The molecule has 2 amide bonds. The lowest BCUT2D eigenvalue weighted by atomic mass is 10.2. The predicted octanol–water partition coefficient (Wildman–Crippen LogP) is 6.58. The molecule has 1 saturated carbocycles. The number of hydrogen-bond acceptors (Lipinski definition) is 7. The van der Waals surface area contributed by atoms with Crippen LogP contribution in [0.25, 0.3) is 20.8 Å². The molecular formula is C28H27F4N5O3S. The number of nitrogens with zero attached hydrogens (tertiary/aromatic N) is 3. The van der Waals surface area contributed by atoms with E-state index < -0.39 is 18.5 Å². The summed E-state index contributed by atoms with van der Waals surface area (Å²) in [5.41, 5.74) is 2.18. The van der Waals surface area contributed by atoms with Gasteiger partial charge in [0.15, 0.2) is 11.6 Å². The molecule has 3 aromatic heterocycles. The summed E-state index contributed by atoms with van der Waals surface area (Å²) in [5, 5.41) is 5.39. The number of halogens is 4. The van der Waals surface area contributed by atoms with Gasteiger partial charge in [-0.15, -0.1) is 11.3 Å². The van der Waals surface area contributed by atoms with Gasteiger partial charge in [0.25, 0.3) is 0 Å². The molecule has 0 unspecified atom stereocenters. The second-order valence-electron chi connectivity index (χ2n) is 9.62. The molecule has 13 heteroatoms. The Morgan fingerprint density at radius 2 is 1.95 bits per heavy atom. The van der Waals surface area contributed by atoms with Gasteiger partial charge in [0.1, 0.15) is 5.75 Å². The van der Waals surface area contributed by atoms with Crippen LogP contribution in [0.2, 0.25) is 0 Å². The Morgan fingerprint density at radius 3 is 2.63 bits per heavy atom. The van der Waals surface area contributed by atoms with Gasteiger partial charge < -0.3 is 20.1 Å². The first-order valence-corrected chi connectivity index (χ1v) is 13.7. The monoisotopic (exact) mass is 589 g/mol. The summed E-state index contributed by atoms with van der Waals surface area (Å²) in [6.07, 6.45) is 0.672. The van der Waals surface area contributed by atoms with Crippen molar-refractivity contribution in [1.29, 1.82) is 0 Å². The largest absolute Gasteiger partial charge is 0.453 e. The van der Waals surface area contributed by atoms with Crippen LogP contribution in [0.3, 0.4) is 0 Å². The highest BCUT2D eigenvalue weighted by Crippen LogP contribution is 2.39. The number of carbonyl (C=O) groups is 1. The maximum atomic E-state index is 14.8. The first-order chi connectivity index (χ1) is 19.7. The van der Waals surface area contributed by atoms with Crippen LogP contribution in [0.5, 0.6) is 11.5 Å². The van der Waals surface area contributed by atoms with Crippen LogP contribution in [-0.2, 0) is 11.3 Å². The van der Waals surface area contributed by atoms with Gasteiger partial charge in [0, 0.05) is 56.5 Å². The third kappa shape index (κ3) is 7.90. The average Bonchev–Trinajstić information content (AvgIpc) is 3.62. The van der Waals surface area contributed by atoms with Gasteiger partial charge in [0.2, 0.25) is 0 Å². The van der Waals surface area contributed by atoms with E-state index in [0.29, 0.717) is 32.9 Å². The van der Waals surface area contributed by atoms with Gasteiger partial charge in [-0.25, -0.2) is 9.18 Å². The number of aromatic nitrogens is 2. The van der Waals surface area contributed by atoms with Crippen LogP contribution in [-0.4, -0.2) is 59.9 Å². The lowest BCUT2D eigenvalue weighted by Crippen LogP contribution is -2.36. The molecule has 5 rings (SSSR count). The molecule has 0 saturated heterocycles. The minimum atomic E-state index is -4.32. The van der Waals surface area contributed by atoms with Crippen molar-refractivity contribution in [3.8, 4) is 22.1 Å². The predicted molar refractivity (Wildman–Crippen MR) is 148 cm³/mol. The van der Waals surface area contributed by atoms with Crippen molar-refractivity contribution in [2.45, 2.75) is 31.6 Å². The van der Waals surface area contributed by atoms with Gasteiger partial charge >= 0.3 is 12.2 Å². The molecule has 41 heavy (non-hydrogen) atoms. The molecule has 0 bridgehead atoms. The Hall–Kier alpha value is -3.81. The number of carbonyl (C=O) groups excluding carboxylic acids is 1. The first-order valence-electron chi connectivity index (χ1n) is 12.8. The highest BCUT2D eigenvalue weighted by molar-refractivity contribution is 7.22. The summed E-state index contributed by atoms with van der Waals surface area (Å²) in [4.78, 5) is 22.8. The molecule has 2 N–H and O–H groups in total. The van der Waals surface area contributed by atoms with Gasteiger partial charge in [-0.2, -0.15) is 13.2 Å². The summed E-state index contributed by atoms with van der Waals surface area (Å²) in [7, 11) is 1.45. The van der Waals surface area contributed by atoms with E-state index in [0.717, 1.165) is 17.7 Å². The van der Waals surface area contributed by atoms with E-state index in [2.05, 4.69) is 20.6 Å². The lowest BCUT2D eigenvalue weighted by Gasteiger charge is -2.23. The number of pyridine rings is 2. The fraction of sp³-hybridized carbons (Fsp3) is 0.321. The maximum Gasteiger partial charge on any atom is 0.401 e. The number of benzene rings is 1. The topological polar surface area (TPSA) is 88.6 Å². The second-order valence-corrected chi connectivity index (χ2v) is 10.7. The molecule has 3 heterocycles. The summed E-state index contributed by atoms with van der Waals surface area (Å²) >= 11 is 1.35. The molecule has 4 aromatic rings. The molecule has 1 aromatic carbocycles. The Bertz CT molecular complexity index is 1510. The molecular weight excluding hydrogens is 562 g/mol. The van der Waals surface area contributed by atoms with Gasteiger partial charge in [-0.1, -0.05) is 6.07 Å². The van der Waals surface area contributed by atoms with Crippen LogP contribution in [0.4, 0.5) is 28.0 Å². The SMILES string of the molecule is COCCN(Cc1ccc(-c2cc3nccc(Oc4ccc(NC(=O)NC5CC5)cc4F)c3s2)nc1)CC(F)(F)F. The molecule has 8 nitrogen and oxygen atoms in total. The number of amides is 2. The van der Waals surface area contributed by atoms with Crippen LogP contribution in [0.15, 0.2) is 54.9 Å². The second kappa shape index (κ2) is 12.4. The van der Waals surface area contributed by atoms with Crippen molar-refractivity contribution < 1.29 is 31.8 Å². The number of ether oxygens (including phenoxy) is 2. The third-order valence-corrected chi connectivity index (χ3v) is 7.36. The van der Waals surface area contributed by atoms with E-state index in [-0.39, 0.29) is 37.5 Å². The zero-order valence-corrected chi connectivity index (χ0v) is 22.8. The Kier molecular flexibility index (Phi) is 8.66. The van der Waals surface area contributed by atoms with Crippen molar-refractivity contribution in [3.63, 3.8) is 0 Å². The normalized spacial score (nSPS) is 13.5. The van der Waals surface area contributed by atoms with Crippen molar-refractivity contribution in [3.05, 3.63) is 66.2 Å². The van der Waals surface area contributed by atoms with Crippen molar-refractivity contribution in [2.24, 2.45) is 0 Å². The highest BCUT2D eigenvalue weighted by atomic mass is 32.1. The van der Waals surface area contributed by atoms with E-state index >= 15 is 0 Å². The number of thiophene rings is 1. The van der Waals surface area contributed by atoms with E-state index in [4.69, 9.17) is 9.47 Å². The maximum absolute atomic E-state index is 14.8. The van der Waals surface area contributed by atoms with Gasteiger partial charge in [0.05, 0.1) is 33.9 Å². The first kappa shape index (κ1) is 28.7. The molecule has 1 aliphatic carbocycles. The molecule has 1 aliphatic rings. The zero-order valence-electron chi connectivity index (χ0n) is 22.0. The zero-order chi connectivity index (χ0) is 29.0. The van der Waals surface area contributed by atoms with Crippen molar-refractivity contribution in [2.75, 3.05) is 32.1 Å². The average molecular weight is 590 g/mol. The number of urea groups is 1.